The summed E-state index contributed by atoms with van der Waals surface area (Å²) < 4.78 is 0. The summed E-state index contributed by atoms with van der Waals surface area (Å²) in [6.07, 6.45) is 1.11. The normalized spacial score (nSPS) is 4.42. The van der Waals surface area contributed by atoms with Crippen LogP contribution in [-0.2, 0) is 988 Å². The van der Waals surface area contributed by atoms with Crippen molar-refractivity contribution in [2.24, 2.45) is 0 Å². The van der Waals surface area contributed by atoms with Crippen LogP contribution in [-0.4, -0.2) is 0 Å². The van der Waals surface area contributed by atoms with E-state index in [1.807, 2.05) is 0 Å². The number of hydrogen-bond donors (Lipinski definition) is 0. The zero-order chi connectivity index (χ0) is 12.2. The minimum Gasteiger partial charge on any atom is -0.358 e. The summed E-state index contributed by atoms with van der Waals surface area (Å²) >= 11 is 0. The van der Waals surface area contributed by atoms with Crippen molar-refractivity contribution in [3.05, 3.63) is 65.1 Å². The molecule has 0 unspecified atom stereocenters. The van der Waals surface area contributed by atoms with E-state index in [1.165, 1.54) is 44.5 Å². The van der Waals surface area contributed by atoms with Gasteiger partial charge in [0.15, 0.2) is 0 Å². The van der Waals surface area contributed by atoms with Crippen LogP contribution >= 0.6 is 0 Å². The standard InChI is InChI=1S/C17H18.CH3.30Y/c1-10-6-8-15-16(12(10)3)9-14-7-5-11(2)13(4)17(14)15;;;;;;;;;;;;;;;;;;;;;;;;;;;;;;;/h5-8H,9H2,1-4H3;1H3;;;;;;;;;;;;;;;;;;;;;;;;;;;;;;/q;-1;;;;;;;;;;;;;;;;;;;;;;;;;;;;;;. The van der Waals surface area contributed by atoms with E-state index in [0.717, 1.165) is 6.42 Å². The van der Waals surface area contributed by atoms with Crippen LogP contribution in [0.5, 0.6) is 0 Å². The topological polar surface area (TPSA) is 0 Å². The number of hydrogen-bond acceptors (Lipinski definition) is 0. The molecule has 3 rings (SSSR count). The van der Waals surface area contributed by atoms with Crippen molar-refractivity contribution in [3.8, 4) is 11.1 Å². The summed E-state index contributed by atoms with van der Waals surface area (Å²) in [5, 5.41) is 0. The van der Waals surface area contributed by atoms with Crippen LogP contribution in [0.25, 0.3) is 11.1 Å². The third-order valence-corrected chi connectivity index (χ3v) is 4.33. The maximum absolute atomic E-state index is 2.30. The maximum atomic E-state index is 2.30. The van der Waals surface area contributed by atoms with Gasteiger partial charge >= 0.3 is 0 Å². The van der Waals surface area contributed by atoms with Crippen molar-refractivity contribution >= 4 is 0 Å². The summed E-state index contributed by atoms with van der Waals surface area (Å²) in [6, 6.07) is 9.11. The number of benzene rings is 2. The Labute approximate surface area is 1050 Å². The van der Waals surface area contributed by atoms with E-state index in [9.17, 15) is 0 Å². The minimum atomic E-state index is 0. The minimum absolute atomic E-state index is 0. The quantitative estimate of drug-likeness (QED) is 0.283. The van der Waals surface area contributed by atoms with E-state index in [1.54, 1.807) is 0 Å². The van der Waals surface area contributed by atoms with Crippen LogP contribution < -0.4 is 0 Å². The van der Waals surface area contributed by atoms with Gasteiger partial charge in [0, 0.05) is 981 Å². The van der Waals surface area contributed by atoms with Crippen LogP contribution in [0.2, 0.25) is 0 Å². The van der Waals surface area contributed by atoms with Crippen LogP contribution in [0.3, 0.4) is 0 Å². The zero-order valence-electron chi connectivity index (χ0n) is 29.3. The summed E-state index contributed by atoms with van der Waals surface area (Å²) in [7, 11) is 0. The molecule has 30 heteroatoms. The first kappa shape index (κ1) is 192. The Morgan fingerprint density at radius 2 is 0.542 bits per heavy atom. The van der Waals surface area contributed by atoms with Crippen LogP contribution in [0.4, 0.5) is 0 Å². The SMILES string of the molecule is Cc1ccc2c(c1C)Cc1ccc(C)c(C)c1-2.[CH3-].[Y].[Y].[Y].[Y].[Y].[Y].[Y].[Y].[Y].[Y].[Y].[Y].[Y].[Y].[Y].[Y].[Y].[Y].[Y].[Y].[Y].[Y].[Y].[Y].[Y].[Y].[Y].[Y].[Y].[Y]. The molecule has 1 aliphatic rings. The molecule has 0 heterocycles. The number of fused-ring (bicyclic) bond motifs is 3. The van der Waals surface area contributed by atoms with Gasteiger partial charge in [-0.2, -0.15) is 0 Å². The van der Waals surface area contributed by atoms with Gasteiger partial charge in [0.05, 0.1) is 0 Å². The molecule has 0 bridgehead atoms. The second-order valence-electron chi connectivity index (χ2n) is 5.25. The molecule has 2 aromatic rings. The molecule has 0 aromatic heterocycles. The number of aryl methyl sites for hydroxylation is 2. The molecule has 0 aliphatic heterocycles. The molecule has 1 aliphatic carbocycles. The van der Waals surface area contributed by atoms with Crippen molar-refractivity contribution in [2.75, 3.05) is 0 Å². The summed E-state index contributed by atoms with van der Waals surface area (Å²) in [5.74, 6) is 0. The Hall–Kier alpha value is 31.6. The smallest absolute Gasteiger partial charge is 0 e. The predicted molar refractivity (Wildman–Crippen MR) is 80.0 cm³/mol. The van der Waals surface area contributed by atoms with Gasteiger partial charge in [0.2, 0.25) is 0 Å². The van der Waals surface area contributed by atoms with Crippen molar-refractivity contribution in [1.29, 1.82) is 0 Å². The second-order valence-corrected chi connectivity index (χ2v) is 5.25. The van der Waals surface area contributed by atoms with E-state index in [-0.39, 0.29) is 989 Å². The Balaban J connectivity index is -0.00000000431. The van der Waals surface area contributed by atoms with Crippen LogP contribution in [0.15, 0.2) is 24.3 Å². The monoisotopic (exact) mass is 2900 g/mol. The van der Waals surface area contributed by atoms with Gasteiger partial charge in [-0.15, -0.1) is 0 Å². The van der Waals surface area contributed by atoms with Gasteiger partial charge in [-0.3, -0.25) is 0 Å². The molecule has 2 aromatic carbocycles. The van der Waals surface area contributed by atoms with E-state index < -0.39 is 0 Å². The maximum Gasteiger partial charge on any atom is 0 e. The molecular weight excluding hydrogens is 2880 g/mol. The van der Waals surface area contributed by atoms with Gasteiger partial charge in [-0.05, 0) is 78.6 Å². The fourth-order valence-electron chi connectivity index (χ4n) is 2.92. The first-order valence-electron chi connectivity index (χ1n) is 6.28. The first-order valence-corrected chi connectivity index (χ1v) is 6.28. The molecule has 0 amide bonds. The van der Waals surface area contributed by atoms with Crippen molar-refractivity contribution in [3.63, 3.8) is 0 Å². The van der Waals surface area contributed by atoms with Crippen LogP contribution in [0.1, 0.15) is 33.4 Å². The number of rotatable bonds is 0. The Morgan fingerprint density at radius 1 is 0.312 bits per heavy atom. The zero-order valence-corrected chi connectivity index (χ0v) is 114. The molecule has 0 spiro atoms. The Morgan fingerprint density at radius 3 is 0.812 bits per heavy atom. The molecule has 184 valence electrons. The van der Waals surface area contributed by atoms with Crippen molar-refractivity contribution < 1.29 is 981 Å². The molecule has 48 heavy (non-hydrogen) atoms. The Bertz CT molecular complexity index is 664. The average molecular weight is 2900 g/mol. The van der Waals surface area contributed by atoms with Gasteiger partial charge in [-0.1, -0.05) is 24.3 Å². The average Bonchev–Trinajstić information content (AvgIpc) is 2.69. The van der Waals surface area contributed by atoms with E-state index in [4.69, 9.17) is 0 Å². The second kappa shape index (κ2) is 129. The molecule has 30 radical (unpaired) electrons. The van der Waals surface area contributed by atoms with Gasteiger partial charge in [0.1, 0.15) is 0 Å². The molecule has 0 saturated heterocycles. The largest absolute Gasteiger partial charge is 0.358 e. The molecule has 0 saturated carbocycles. The van der Waals surface area contributed by atoms with Gasteiger partial charge in [0.25, 0.3) is 0 Å². The first-order chi connectivity index (χ1) is 8.09. The fourth-order valence-corrected chi connectivity index (χ4v) is 2.92. The van der Waals surface area contributed by atoms with Gasteiger partial charge < -0.3 is 7.43 Å². The van der Waals surface area contributed by atoms with Crippen LogP contribution in [0, 0.1) is 35.1 Å². The van der Waals surface area contributed by atoms with E-state index in [2.05, 4.69) is 52.0 Å². The Kier molecular flexibility index (Phi) is 516. The molecular formula is C18H21Y30-. The fraction of sp³-hybridized carbons (Fsp3) is 0.278. The summed E-state index contributed by atoms with van der Waals surface area (Å²) in [6.45, 7) is 8.91. The molecule has 0 fully saturated rings. The van der Waals surface area contributed by atoms with Crippen molar-refractivity contribution in [2.45, 2.75) is 34.1 Å². The third kappa shape index (κ3) is 84.0. The predicted octanol–water partition coefficient (Wildman–Crippen LogP) is 4.87. The molecule has 0 atom stereocenters. The van der Waals surface area contributed by atoms with E-state index >= 15 is 0 Å². The molecule has 0 nitrogen and oxygen atoms in total. The molecule has 0 N–H and O–H groups in total. The van der Waals surface area contributed by atoms with E-state index in [0.29, 0.717) is 0 Å². The van der Waals surface area contributed by atoms with Crippen molar-refractivity contribution in [1.82, 2.24) is 0 Å². The third-order valence-electron chi connectivity index (χ3n) is 4.33. The summed E-state index contributed by atoms with van der Waals surface area (Å²) in [5.41, 5.74) is 11.7. The summed E-state index contributed by atoms with van der Waals surface area (Å²) in [4.78, 5) is 0. The van der Waals surface area contributed by atoms with Gasteiger partial charge in [-0.25, -0.2) is 0 Å².